The van der Waals surface area contributed by atoms with Crippen LogP contribution in [0.3, 0.4) is 0 Å². The molecule has 116 valence electrons. The lowest BCUT2D eigenvalue weighted by Gasteiger charge is -2.31. The molecule has 0 saturated heterocycles. The van der Waals surface area contributed by atoms with Crippen LogP contribution in [0.15, 0.2) is 24.3 Å². The van der Waals surface area contributed by atoms with Gasteiger partial charge in [0.15, 0.2) is 0 Å². The molecular formula is C17H27N3O. The van der Waals surface area contributed by atoms with Gasteiger partial charge in [0.25, 0.3) is 0 Å². The topological polar surface area (TPSA) is 35.6 Å². The lowest BCUT2D eigenvalue weighted by molar-refractivity contribution is -0.119. The van der Waals surface area contributed by atoms with Crippen molar-refractivity contribution in [3.8, 4) is 0 Å². The van der Waals surface area contributed by atoms with Crippen molar-refractivity contribution in [1.29, 1.82) is 0 Å². The Hall–Kier alpha value is -1.71. The summed E-state index contributed by atoms with van der Waals surface area (Å²) in [5.74, 6) is 0.0402. The third kappa shape index (κ3) is 3.49. The van der Waals surface area contributed by atoms with Crippen LogP contribution in [0.2, 0.25) is 0 Å². The maximum atomic E-state index is 11.5. The van der Waals surface area contributed by atoms with Gasteiger partial charge in [-0.25, -0.2) is 0 Å². The Bertz CT molecular complexity index is 462. The number of carbonyl (C=O) groups excluding carboxylic acids is 1. The van der Waals surface area contributed by atoms with Gasteiger partial charge >= 0.3 is 0 Å². The Labute approximate surface area is 128 Å². The number of anilines is 2. The van der Waals surface area contributed by atoms with Crippen LogP contribution in [0.25, 0.3) is 0 Å². The van der Waals surface area contributed by atoms with Gasteiger partial charge in [-0.2, -0.15) is 0 Å². The molecule has 1 aromatic carbocycles. The summed E-state index contributed by atoms with van der Waals surface area (Å²) >= 11 is 0. The first kappa shape index (κ1) is 15.7. The van der Waals surface area contributed by atoms with Gasteiger partial charge in [-0.05, 0) is 39.8 Å². The molecule has 0 bridgehead atoms. The number of benzene rings is 1. The molecule has 21 heavy (non-hydrogen) atoms. The van der Waals surface area contributed by atoms with Gasteiger partial charge < -0.3 is 15.1 Å². The molecule has 0 spiro atoms. The molecule has 0 atom stereocenters. The third-order valence-electron chi connectivity index (χ3n) is 3.99. The maximum Gasteiger partial charge on any atom is 0.217 e. The molecular weight excluding hydrogens is 262 g/mol. The summed E-state index contributed by atoms with van der Waals surface area (Å²) in [7, 11) is 0. The number of carbonyl (C=O) groups is 1. The SMILES string of the molecule is CC(=O)NC1CN(C(C)C)c2ccccc2N(C(C)C)C1. The Balaban J connectivity index is 2.43. The van der Waals surface area contributed by atoms with Crippen molar-refractivity contribution >= 4 is 17.3 Å². The molecule has 0 radical (unpaired) electrons. The maximum absolute atomic E-state index is 11.5. The number of nitrogens with one attached hydrogen (secondary N) is 1. The average Bonchev–Trinajstić information content (AvgIpc) is 2.56. The Morgan fingerprint density at radius 3 is 1.81 bits per heavy atom. The predicted molar refractivity (Wildman–Crippen MR) is 89.0 cm³/mol. The van der Waals surface area contributed by atoms with Gasteiger partial charge in [-0.1, -0.05) is 12.1 Å². The number of rotatable bonds is 3. The minimum absolute atomic E-state index is 0.0402. The highest BCUT2D eigenvalue weighted by atomic mass is 16.1. The van der Waals surface area contributed by atoms with E-state index in [0.717, 1.165) is 13.1 Å². The molecule has 1 heterocycles. The van der Waals surface area contributed by atoms with Crippen molar-refractivity contribution < 1.29 is 4.79 Å². The number of amides is 1. The highest BCUT2D eigenvalue weighted by Gasteiger charge is 2.29. The van der Waals surface area contributed by atoms with Crippen molar-refractivity contribution in [2.45, 2.75) is 52.7 Å². The molecule has 1 aliphatic heterocycles. The van der Waals surface area contributed by atoms with Crippen molar-refractivity contribution in [3.63, 3.8) is 0 Å². The third-order valence-corrected chi connectivity index (χ3v) is 3.99. The fourth-order valence-electron chi connectivity index (χ4n) is 3.04. The van der Waals surface area contributed by atoms with Gasteiger partial charge in [0.1, 0.15) is 0 Å². The molecule has 0 aliphatic carbocycles. The van der Waals surface area contributed by atoms with Crippen molar-refractivity contribution in [2.75, 3.05) is 22.9 Å². The molecule has 1 aromatic rings. The summed E-state index contributed by atoms with van der Waals surface area (Å²) < 4.78 is 0. The van der Waals surface area contributed by atoms with Crippen LogP contribution in [0.4, 0.5) is 11.4 Å². The van der Waals surface area contributed by atoms with E-state index in [0.29, 0.717) is 12.1 Å². The zero-order chi connectivity index (χ0) is 15.6. The van der Waals surface area contributed by atoms with E-state index in [1.807, 2.05) is 0 Å². The van der Waals surface area contributed by atoms with E-state index in [1.165, 1.54) is 11.4 Å². The zero-order valence-electron chi connectivity index (χ0n) is 13.8. The van der Waals surface area contributed by atoms with Crippen LogP contribution in [-0.4, -0.2) is 37.1 Å². The van der Waals surface area contributed by atoms with Crippen LogP contribution < -0.4 is 15.1 Å². The summed E-state index contributed by atoms with van der Waals surface area (Å²) in [6, 6.07) is 9.47. The molecule has 1 amide bonds. The Morgan fingerprint density at radius 2 is 1.48 bits per heavy atom. The second kappa shape index (κ2) is 6.37. The lowest BCUT2D eigenvalue weighted by atomic mass is 10.2. The van der Waals surface area contributed by atoms with Crippen molar-refractivity contribution in [1.82, 2.24) is 5.32 Å². The monoisotopic (exact) mass is 289 g/mol. The number of para-hydroxylation sites is 2. The van der Waals surface area contributed by atoms with E-state index in [4.69, 9.17) is 0 Å². The lowest BCUT2D eigenvalue weighted by Crippen LogP contribution is -2.49. The first-order valence-electron chi connectivity index (χ1n) is 7.79. The largest absolute Gasteiger partial charge is 0.365 e. The number of hydrogen-bond donors (Lipinski definition) is 1. The molecule has 0 aromatic heterocycles. The molecule has 4 heteroatoms. The summed E-state index contributed by atoms with van der Waals surface area (Å²) in [6.07, 6.45) is 0. The minimum Gasteiger partial charge on any atom is -0.365 e. The van der Waals surface area contributed by atoms with E-state index in [-0.39, 0.29) is 11.9 Å². The second-order valence-corrected chi connectivity index (χ2v) is 6.38. The zero-order valence-corrected chi connectivity index (χ0v) is 13.8. The Kier molecular flexibility index (Phi) is 4.76. The molecule has 0 fully saturated rings. The predicted octanol–water partition coefficient (Wildman–Crippen LogP) is 2.63. The van der Waals surface area contributed by atoms with E-state index in [9.17, 15) is 4.79 Å². The Morgan fingerprint density at radius 1 is 1.05 bits per heavy atom. The molecule has 1 aliphatic rings. The number of fused-ring (bicyclic) bond motifs is 1. The minimum atomic E-state index is 0.0402. The van der Waals surface area contributed by atoms with Crippen molar-refractivity contribution in [3.05, 3.63) is 24.3 Å². The van der Waals surface area contributed by atoms with Crippen molar-refractivity contribution in [2.24, 2.45) is 0 Å². The summed E-state index contributed by atoms with van der Waals surface area (Å²) in [4.78, 5) is 16.3. The highest BCUT2D eigenvalue weighted by Crippen LogP contribution is 2.34. The molecule has 2 rings (SSSR count). The van der Waals surface area contributed by atoms with Crippen LogP contribution in [0.1, 0.15) is 34.6 Å². The smallest absolute Gasteiger partial charge is 0.217 e. The standard InChI is InChI=1S/C17H27N3O/c1-12(2)19-10-15(18-14(5)21)11-20(13(3)4)17-9-7-6-8-16(17)19/h6-9,12-13,15H,10-11H2,1-5H3,(H,18,21). The molecule has 4 nitrogen and oxygen atoms in total. The second-order valence-electron chi connectivity index (χ2n) is 6.38. The summed E-state index contributed by atoms with van der Waals surface area (Å²) in [5, 5.41) is 3.10. The fraction of sp³-hybridized carbons (Fsp3) is 0.588. The van der Waals surface area contributed by atoms with Gasteiger partial charge in [0, 0.05) is 32.1 Å². The molecule has 0 saturated carbocycles. The van der Waals surface area contributed by atoms with E-state index >= 15 is 0 Å². The van der Waals surface area contributed by atoms with Crippen LogP contribution in [0, 0.1) is 0 Å². The normalized spacial score (nSPS) is 16.1. The van der Waals surface area contributed by atoms with Crippen LogP contribution in [0.5, 0.6) is 0 Å². The van der Waals surface area contributed by atoms with Gasteiger partial charge in [-0.3, -0.25) is 4.79 Å². The fourth-order valence-corrected chi connectivity index (χ4v) is 3.04. The van der Waals surface area contributed by atoms with E-state index in [2.05, 4.69) is 67.1 Å². The summed E-state index contributed by atoms with van der Waals surface area (Å²) in [6.45, 7) is 12.1. The van der Waals surface area contributed by atoms with Crippen LogP contribution >= 0.6 is 0 Å². The highest BCUT2D eigenvalue weighted by molar-refractivity contribution is 5.75. The van der Waals surface area contributed by atoms with Crippen LogP contribution in [-0.2, 0) is 4.79 Å². The summed E-state index contributed by atoms with van der Waals surface area (Å²) in [5.41, 5.74) is 2.52. The molecule has 0 unspecified atom stereocenters. The van der Waals surface area contributed by atoms with Gasteiger partial charge in [0.05, 0.1) is 17.4 Å². The van der Waals surface area contributed by atoms with Gasteiger partial charge in [0.2, 0.25) is 5.91 Å². The average molecular weight is 289 g/mol. The molecule has 1 N–H and O–H groups in total. The van der Waals surface area contributed by atoms with E-state index in [1.54, 1.807) is 6.92 Å². The quantitative estimate of drug-likeness (QED) is 0.929. The number of hydrogen-bond acceptors (Lipinski definition) is 3. The van der Waals surface area contributed by atoms with E-state index < -0.39 is 0 Å². The number of nitrogens with zero attached hydrogens (tertiary/aromatic N) is 2. The first-order chi connectivity index (χ1) is 9.90. The first-order valence-corrected chi connectivity index (χ1v) is 7.79. The van der Waals surface area contributed by atoms with Gasteiger partial charge in [-0.15, -0.1) is 0 Å².